The smallest absolute Gasteiger partial charge is 0.180 e. The third-order valence-corrected chi connectivity index (χ3v) is 2.13. The number of ether oxygens (including phenoxy) is 1. The summed E-state index contributed by atoms with van der Waals surface area (Å²) in [6.45, 7) is 2.76. The van der Waals surface area contributed by atoms with E-state index in [0.29, 0.717) is 17.9 Å². The predicted octanol–water partition coefficient (Wildman–Crippen LogP) is 2.01. The Morgan fingerprint density at radius 1 is 1.40 bits per heavy atom. The van der Waals surface area contributed by atoms with Gasteiger partial charge in [-0.15, -0.1) is 0 Å². The zero-order valence-electron chi connectivity index (χ0n) is 9.03. The second kappa shape index (κ2) is 6.19. The molecule has 0 saturated heterocycles. The molecule has 0 heterocycles. The second-order valence-corrected chi connectivity index (χ2v) is 3.33. The zero-order valence-corrected chi connectivity index (χ0v) is 9.03. The molecule has 2 N–H and O–H groups in total. The van der Waals surface area contributed by atoms with Crippen LogP contribution in [0.15, 0.2) is 24.3 Å². The number of rotatable bonds is 6. The van der Waals surface area contributed by atoms with E-state index >= 15 is 0 Å². The average molecular weight is 207 g/mol. The number of ketones is 1. The largest absolute Gasteiger partial charge is 0.493 e. The highest BCUT2D eigenvalue weighted by atomic mass is 16.5. The number of benzene rings is 1. The number of hydrogen-bond acceptors (Lipinski definition) is 3. The fourth-order valence-electron chi connectivity index (χ4n) is 1.26. The molecule has 3 heteroatoms. The van der Waals surface area contributed by atoms with Gasteiger partial charge in [-0.05, 0) is 18.6 Å². The number of carbonyl (C=O) groups excluding carboxylic acids is 1. The Hall–Kier alpha value is -1.35. The van der Waals surface area contributed by atoms with Crippen molar-refractivity contribution in [2.24, 2.45) is 5.73 Å². The first-order valence-electron chi connectivity index (χ1n) is 5.24. The van der Waals surface area contributed by atoms with Gasteiger partial charge in [-0.2, -0.15) is 0 Å². The molecule has 0 aliphatic heterocycles. The summed E-state index contributed by atoms with van der Waals surface area (Å²) in [5.74, 6) is 0.559. The van der Waals surface area contributed by atoms with Gasteiger partial charge in [-0.1, -0.05) is 25.5 Å². The SMILES string of the molecule is CCCCOc1ccccc1C(=O)CN. The molecule has 0 aromatic heterocycles. The number of Topliss-reactive ketones (excluding diaryl/α,β-unsaturated/α-hetero) is 1. The highest BCUT2D eigenvalue weighted by Crippen LogP contribution is 2.18. The highest BCUT2D eigenvalue weighted by molar-refractivity contribution is 5.99. The van der Waals surface area contributed by atoms with Crippen LogP contribution < -0.4 is 10.5 Å². The molecule has 0 spiro atoms. The molecule has 0 aliphatic rings. The number of nitrogens with two attached hydrogens (primary N) is 1. The Morgan fingerprint density at radius 3 is 2.80 bits per heavy atom. The van der Waals surface area contributed by atoms with Crippen molar-refractivity contribution < 1.29 is 9.53 Å². The molecule has 0 radical (unpaired) electrons. The van der Waals surface area contributed by atoms with Crippen LogP contribution in [-0.2, 0) is 0 Å². The van der Waals surface area contributed by atoms with Gasteiger partial charge in [0.1, 0.15) is 5.75 Å². The summed E-state index contributed by atoms with van der Waals surface area (Å²) in [4.78, 5) is 11.5. The summed E-state index contributed by atoms with van der Waals surface area (Å²) in [6.07, 6.45) is 2.07. The first kappa shape index (κ1) is 11.7. The molecule has 1 rings (SSSR count). The Kier molecular flexibility index (Phi) is 4.84. The maximum absolute atomic E-state index is 11.5. The summed E-state index contributed by atoms with van der Waals surface area (Å²) in [5, 5.41) is 0. The number of hydrogen-bond donors (Lipinski definition) is 1. The van der Waals surface area contributed by atoms with Crippen molar-refractivity contribution in [2.45, 2.75) is 19.8 Å². The summed E-state index contributed by atoms with van der Waals surface area (Å²) in [6, 6.07) is 7.22. The molecule has 0 bridgehead atoms. The van der Waals surface area contributed by atoms with Crippen LogP contribution in [-0.4, -0.2) is 18.9 Å². The molecule has 0 amide bonds. The van der Waals surface area contributed by atoms with Gasteiger partial charge in [0.25, 0.3) is 0 Å². The maximum atomic E-state index is 11.5. The lowest BCUT2D eigenvalue weighted by Gasteiger charge is -2.09. The van der Waals surface area contributed by atoms with E-state index in [0.717, 1.165) is 12.8 Å². The second-order valence-electron chi connectivity index (χ2n) is 3.33. The molecule has 0 unspecified atom stereocenters. The van der Waals surface area contributed by atoms with Crippen molar-refractivity contribution in [3.8, 4) is 5.75 Å². The van der Waals surface area contributed by atoms with Gasteiger partial charge in [-0.25, -0.2) is 0 Å². The standard InChI is InChI=1S/C12H17NO2/c1-2-3-8-15-12-7-5-4-6-10(12)11(14)9-13/h4-7H,2-3,8-9,13H2,1H3. The molecule has 3 nitrogen and oxygen atoms in total. The van der Waals surface area contributed by atoms with Gasteiger partial charge in [0.05, 0.1) is 18.7 Å². The number of carbonyl (C=O) groups is 1. The summed E-state index contributed by atoms with van der Waals surface area (Å²) < 4.78 is 5.52. The summed E-state index contributed by atoms with van der Waals surface area (Å²) in [5.41, 5.74) is 5.90. The van der Waals surface area contributed by atoms with Crippen LogP contribution in [0, 0.1) is 0 Å². The summed E-state index contributed by atoms with van der Waals surface area (Å²) in [7, 11) is 0. The van der Waals surface area contributed by atoms with Crippen molar-refractivity contribution in [3.63, 3.8) is 0 Å². The van der Waals surface area contributed by atoms with Crippen LogP contribution in [0.5, 0.6) is 5.75 Å². The van der Waals surface area contributed by atoms with E-state index in [1.54, 1.807) is 12.1 Å². The fraction of sp³-hybridized carbons (Fsp3) is 0.417. The van der Waals surface area contributed by atoms with Crippen molar-refractivity contribution >= 4 is 5.78 Å². The lowest BCUT2D eigenvalue weighted by molar-refractivity contribution is 0.0997. The average Bonchev–Trinajstić information content (AvgIpc) is 2.29. The molecule has 1 aromatic carbocycles. The van der Waals surface area contributed by atoms with Gasteiger partial charge in [0.15, 0.2) is 5.78 Å². The van der Waals surface area contributed by atoms with E-state index in [1.807, 2.05) is 12.1 Å². The zero-order chi connectivity index (χ0) is 11.1. The van der Waals surface area contributed by atoms with E-state index in [-0.39, 0.29) is 12.3 Å². The van der Waals surface area contributed by atoms with Crippen LogP contribution in [0.2, 0.25) is 0 Å². The molecule has 0 fully saturated rings. The normalized spacial score (nSPS) is 10.0. The molecule has 0 atom stereocenters. The number of unbranched alkanes of at least 4 members (excludes halogenated alkanes) is 1. The van der Waals surface area contributed by atoms with Crippen molar-refractivity contribution in [3.05, 3.63) is 29.8 Å². The summed E-state index contributed by atoms with van der Waals surface area (Å²) >= 11 is 0. The van der Waals surface area contributed by atoms with E-state index in [4.69, 9.17) is 10.5 Å². The van der Waals surface area contributed by atoms with Gasteiger partial charge in [-0.3, -0.25) is 4.79 Å². The van der Waals surface area contributed by atoms with Crippen LogP contribution in [0.4, 0.5) is 0 Å². The third-order valence-electron chi connectivity index (χ3n) is 2.13. The molecular formula is C12H17NO2. The van der Waals surface area contributed by atoms with Gasteiger partial charge >= 0.3 is 0 Å². The van der Waals surface area contributed by atoms with E-state index in [1.165, 1.54) is 0 Å². The van der Waals surface area contributed by atoms with E-state index in [2.05, 4.69) is 6.92 Å². The molecule has 82 valence electrons. The Morgan fingerprint density at radius 2 is 2.13 bits per heavy atom. The Bertz CT molecular complexity index is 323. The van der Waals surface area contributed by atoms with Crippen LogP contribution in [0.25, 0.3) is 0 Å². The lowest BCUT2D eigenvalue weighted by Crippen LogP contribution is -2.15. The van der Waals surface area contributed by atoms with E-state index < -0.39 is 0 Å². The predicted molar refractivity (Wildman–Crippen MR) is 60.2 cm³/mol. The monoisotopic (exact) mass is 207 g/mol. The topological polar surface area (TPSA) is 52.3 Å². The lowest BCUT2D eigenvalue weighted by atomic mass is 10.1. The number of para-hydroxylation sites is 1. The third kappa shape index (κ3) is 3.36. The quantitative estimate of drug-likeness (QED) is 0.573. The highest BCUT2D eigenvalue weighted by Gasteiger charge is 2.09. The van der Waals surface area contributed by atoms with Crippen molar-refractivity contribution in [2.75, 3.05) is 13.2 Å². The molecular weight excluding hydrogens is 190 g/mol. The minimum Gasteiger partial charge on any atom is -0.493 e. The molecule has 15 heavy (non-hydrogen) atoms. The van der Waals surface area contributed by atoms with Crippen molar-refractivity contribution in [1.29, 1.82) is 0 Å². The van der Waals surface area contributed by atoms with Crippen LogP contribution >= 0.6 is 0 Å². The van der Waals surface area contributed by atoms with E-state index in [9.17, 15) is 4.79 Å². The van der Waals surface area contributed by atoms with Gasteiger partial charge in [0, 0.05) is 0 Å². The maximum Gasteiger partial charge on any atom is 0.180 e. The Labute approximate surface area is 90.2 Å². The minimum absolute atomic E-state index is 0.0220. The molecule has 1 aromatic rings. The van der Waals surface area contributed by atoms with Crippen molar-refractivity contribution in [1.82, 2.24) is 0 Å². The minimum atomic E-state index is -0.0814. The molecule has 0 aliphatic carbocycles. The van der Waals surface area contributed by atoms with Gasteiger partial charge < -0.3 is 10.5 Å². The Balaban J connectivity index is 2.73. The first-order chi connectivity index (χ1) is 7.29. The fourth-order valence-corrected chi connectivity index (χ4v) is 1.26. The van der Waals surface area contributed by atoms with Crippen LogP contribution in [0.3, 0.4) is 0 Å². The molecule has 0 saturated carbocycles. The first-order valence-corrected chi connectivity index (χ1v) is 5.24. The van der Waals surface area contributed by atoms with Gasteiger partial charge in [0.2, 0.25) is 0 Å². The van der Waals surface area contributed by atoms with Crippen LogP contribution in [0.1, 0.15) is 30.1 Å².